The maximum absolute atomic E-state index is 13.1. The van der Waals surface area contributed by atoms with Crippen molar-refractivity contribution in [1.82, 2.24) is 39.8 Å². The predicted molar refractivity (Wildman–Crippen MR) is 127 cm³/mol. The van der Waals surface area contributed by atoms with Gasteiger partial charge >= 0.3 is 6.18 Å². The Balaban J connectivity index is 1.29. The van der Waals surface area contributed by atoms with Crippen molar-refractivity contribution in [1.29, 1.82) is 0 Å². The first kappa shape index (κ1) is 23.3. The molecule has 1 aliphatic carbocycles. The largest absolute Gasteiger partial charge is 0.480 e. The molecule has 2 aliphatic rings. The molecule has 4 aromatic rings. The van der Waals surface area contributed by atoms with Crippen LogP contribution in [-0.4, -0.2) is 78.6 Å². The molecule has 1 aromatic carbocycles. The van der Waals surface area contributed by atoms with Gasteiger partial charge in [-0.05, 0) is 18.4 Å². The number of aliphatic imine (C=N–C) groups is 1. The third kappa shape index (κ3) is 4.34. The Labute approximate surface area is 209 Å². The minimum Gasteiger partial charge on any atom is -0.480 e. The Bertz CT molecular complexity index is 1500. The van der Waals surface area contributed by atoms with E-state index in [0.29, 0.717) is 52.3 Å². The van der Waals surface area contributed by atoms with E-state index in [1.54, 1.807) is 37.2 Å². The minimum absolute atomic E-state index is 0.187. The summed E-state index contributed by atoms with van der Waals surface area (Å²) >= 11 is 0. The highest BCUT2D eigenvalue weighted by atomic mass is 19.4. The lowest BCUT2D eigenvalue weighted by molar-refractivity contribution is -0.145. The third-order valence-corrected chi connectivity index (χ3v) is 6.49. The molecule has 13 heteroatoms. The molecule has 0 spiro atoms. The average molecular weight is 509 g/mol. The van der Waals surface area contributed by atoms with Gasteiger partial charge in [-0.2, -0.15) is 13.2 Å². The summed E-state index contributed by atoms with van der Waals surface area (Å²) in [5.74, 6) is 1.51. The van der Waals surface area contributed by atoms with Crippen molar-refractivity contribution in [3.8, 4) is 17.3 Å². The fourth-order valence-corrected chi connectivity index (χ4v) is 4.45. The second-order valence-electron chi connectivity index (χ2n) is 9.15. The standard InChI is InChI=1S/C24H22F3N9O/c1-35-11-17(24(25,26)27)31-21(35)15-5-3-13(4-6-15)10-36-22-16(33-34-36)9-28-20(32-22)18-19(14-7-8-14)29-12-30-23(18)37-2/h3-6,9,12,14,17H,7-8,10-11H2,1-2H3. The maximum atomic E-state index is 13.1. The summed E-state index contributed by atoms with van der Waals surface area (Å²) in [6.07, 6.45) is 0.828. The van der Waals surface area contributed by atoms with Gasteiger partial charge in [-0.15, -0.1) is 5.10 Å². The summed E-state index contributed by atoms with van der Waals surface area (Å²) in [5, 5.41) is 8.41. The Morgan fingerprint density at radius 3 is 2.54 bits per heavy atom. The molecule has 0 saturated heterocycles. The quantitative estimate of drug-likeness (QED) is 0.390. The summed E-state index contributed by atoms with van der Waals surface area (Å²) in [4.78, 5) is 23.3. The zero-order valence-corrected chi connectivity index (χ0v) is 20.0. The van der Waals surface area contributed by atoms with E-state index in [2.05, 4.69) is 30.3 Å². The van der Waals surface area contributed by atoms with Gasteiger partial charge in [-0.3, -0.25) is 4.99 Å². The number of hydrogen-bond acceptors (Lipinski definition) is 9. The number of benzene rings is 1. The van der Waals surface area contributed by atoms with Crippen LogP contribution in [0.3, 0.4) is 0 Å². The first-order chi connectivity index (χ1) is 17.8. The molecule has 10 nitrogen and oxygen atoms in total. The average Bonchev–Trinajstić information content (AvgIpc) is 3.55. The summed E-state index contributed by atoms with van der Waals surface area (Å²) in [5.41, 5.74) is 4.11. The van der Waals surface area contributed by atoms with Crippen LogP contribution in [0, 0.1) is 0 Å². The molecule has 37 heavy (non-hydrogen) atoms. The number of rotatable bonds is 6. The highest BCUT2D eigenvalue weighted by Crippen LogP contribution is 2.44. The molecule has 1 saturated carbocycles. The molecular weight excluding hydrogens is 487 g/mol. The molecule has 0 bridgehead atoms. The number of nitrogens with zero attached hydrogens (tertiary/aromatic N) is 9. The normalized spacial score (nSPS) is 17.9. The van der Waals surface area contributed by atoms with Crippen molar-refractivity contribution in [3.63, 3.8) is 0 Å². The lowest BCUT2D eigenvalue weighted by Gasteiger charge is -2.15. The van der Waals surface area contributed by atoms with Gasteiger partial charge in [0.2, 0.25) is 5.88 Å². The van der Waals surface area contributed by atoms with Crippen molar-refractivity contribution < 1.29 is 17.9 Å². The van der Waals surface area contributed by atoms with E-state index >= 15 is 0 Å². The number of aromatic nitrogens is 7. The van der Waals surface area contributed by atoms with Gasteiger partial charge in [-0.1, -0.05) is 29.5 Å². The van der Waals surface area contributed by atoms with E-state index in [4.69, 9.17) is 9.72 Å². The smallest absolute Gasteiger partial charge is 0.412 e. The van der Waals surface area contributed by atoms with Crippen LogP contribution in [0.5, 0.6) is 5.88 Å². The summed E-state index contributed by atoms with van der Waals surface area (Å²) in [6.45, 7) is 0.173. The zero-order valence-electron chi connectivity index (χ0n) is 20.0. The van der Waals surface area contributed by atoms with Gasteiger partial charge in [-0.25, -0.2) is 24.6 Å². The molecule has 1 unspecified atom stereocenters. The molecule has 4 heterocycles. The molecule has 190 valence electrons. The van der Waals surface area contributed by atoms with Crippen molar-refractivity contribution in [2.24, 2.45) is 4.99 Å². The van der Waals surface area contributed by atoms with Crippen LogP contribution >= 0.6 is 0 Å². The summed E-state index contributed by atoms with van der Waals surface area (Å²) in [6, 6.07) is 5.48. The van der Waals surface area contributed by atoms with E-state index in [1.165, 1.54) is 11.2 Å². The van der Waals surface area contributed by atoms with E-state index < -0.39 is 12.2 Å². The first-order valence-corrected chi connectivity index (χ1v) is 11.7. The van der Waals surface area contributed by atoms with Crippen LogP contribution in [-0.2, 0) is 6.54 Å². The number of alkyl halides is 3. The van der Waals surface area contributed by atoms with Crippen molar-refractivity contribution in [3.05, 3.63) is 53.6 Å². The van der Waals surface area contributed by atoms with Crippen LogP contribution < -0.4 is 4.74 Å². The first-order valence-electron chi connectivity index (χ1n) is 11.7. The topological polar surface area (TPSA) is 107 Å². The molecule has 0 N–H and O–H groups in total. The third-order valence-electron chi connectivity index (χ3n) is 6.49. The Hall–Kier alpha value is -4.16. The zero-order chi connectivity index (χ0) is 25.7. The monoisotopic (exact) mass is 509 g/mol. The summed E-state index contributed by atoms with van der Waals surface area (Å²) in [7, 11) is 3.16. The lowest BCUT2D eigenvalue weighted by Crippen LogP contribution is -2.32. The number of fused-ring (bicyclic) bond motifs is 1. The van der Waals surface area contributed by atoms with Gasteiger partial charge in [0.15, 0.2) is 23.0 Å². The fourth-order valence-electron chi connectivity index (χ4n) is 4.45. The van der Waals surface area contributed by atoms with Crippen LogP contribution in [0.15, 0.2) is 41.8 Å². The van der Waals surface area contributed by atoms with Gasteiger partial charge in [0.05, 0.1) is 32.1 Å². The van der Waals surface area contributed by atoms with Gasteiger partial charge in [0, 0.05) is 18.5 Å². The Morgan fingerprint density at radius 1 is 1.08 bits per heavy atom. The molecule has 6 rings (SSSR count). The van der Waals surface area contributed by atoms with Crippen LogP contribution in [0.2, 0.25) is 0 Å². The van der Waals surface area contributed by atoms with Crippen molar-refractivity contribution in [2.75, 3.05) is 20.7 Å². The Kier molecular flexibility index (Phi) is 5.50. The predicted octanol–water partition coefficient (Wildman–Crippen LogP) is 3.24. The summed E-state index contributed by atoms with van der Waals surface area (Å²) < 4.78 is 46.4. The molecule has 1 atom stereocenters. The van der Waals surface area contributed by atoms with Crippen LogP contribution in [0.4, 0.5) is 13.2 Å². The van der Waals surface area contributed by atoms with Crippen LogP contribution in [0.25, 0.3) is 22.6 Å². The van der Waals surface area contributed by atoms with E-state index in [1.807, 2.05) is 12.1 Å². The van der Waals surface area contributed by atoms with E-state index in [0.717, 1.165) is 24.1 Å². The second-order valence-corrected chi connectivity index (χ2v) is 9.15. The second kappa shape index (κ2) is 8.75. The number of halogens is 3. The number of methoxy groups -OCH3 is 1. The molecule has 1 fully saturated rings. The number of hydrogen-bond donors (Lipinski definition) is 0. The van der Waals surface area contributed by atoms with Gasteiger partial charge in [0.25, 0.3) is 0 Å². The minimum atomic E-state index is -4.36. The number of ether oxygens (including phenoxy) is 1. The van der Waals surface area contributed by atoms with E-state index in [9.17, 15) is 13.2 Å². The molecule has 1 aliphatic heterocycles. The molecular formula is C24H22F3N9O. The van der Waals surface area contributed by atoms with Crippen LogP contribution in [0.1, 0.15) is 35.6 Å². The highest BCUT2D eigenvalue weighted by molar-refractivity contribution is 5.99. The number of likely N-dealkylation sites (N-methyl/N-ethyl adjacent to an activating group) is 1. The Morgan fingerprint density at radius 2 is 1.86 bits per heavy atom. The SMILES string of the molecule is COc1ncnc(C2CC2)c1-c1ncc2nnn(Cc3ccc(C4=NC(C(F)(F)F)CN4C)cc3)c2n1. The molecule has 0 amide bonds. The highest BCUT2D eigenvalue weighted by Gasteiger charge is 2.44. The van der Waals surface area contributed by atoms with Gasteiger partial charge in [0.1, 0.15) is 17.7 Å². The number of amidine groups is 1. The lowest BCUT2D eigenvalue weighted by atomic mass is 10.1. The van der Waals surface area contributed by atoms with Crippen molar-refractivity contribution >= 4 is 17.0 Å². The molecule has 0 radical (unpaired) electrons. The maximum Gasteiger partial charge on any atom is 0.412 e. The van der Waals surface area contributed by atoms with E-state index in [-0.39, 0.29) is 6.54 Å². The fraction of sp³-hybridized carbons (Fsp3) is 0.375. The molecule has 3 aromatic heterocycles. The van der Waals surface area contributed by atoms with Crippen molar-refractivity contribution in [2.45, 2.75) is 37.5 Å². The van der Waals surface area contributed by atoms with Gasteiger partial charge < -0.3 is 9.64 Å².